The molecule has 0 saturated carbocycles. The molecule has 20 heavy (non-hydrogen) atoms. The molecule has 0 radical (unpaired) electrons. The van der Waals surface area contributed by atoms with Crippen LogP contribution in [0.1, 0.15) is 43.7 Å². The molecule has 6 heteroatoms. The zero-order valence-corrected chi connectivity index (χ0v) is 11.4. The third-order valence-electron chi connectivity index (χ3n) is 3.54. The summed E-state index contributed by atoms with van der Waals surface area (Å²) in [6.45, 7) is 3.63. The van der Waals surface area contributed by atoms with Gasteiger partial charge in [-0.2, -0.15) is 13.2 Å². The Morgan fingerprint density at radius 1 is 1.30 bits per heavy atom. The van der Waals surface area contributed by atoms with E-state index >= 15 is 0 Å². The van der Waals surface area contributed by atoms with E-state index in [0.29, 0.717) is 12.8 Å². The number of carbonyl (C=O) groups is 1. The molecule has 1 unspecified atom stereocenters. The maximum atomic E-state index is 12.7. The normalized spacial score (nSPS) is 13.5. The number of hydrogen-bond acceptors (Lipinski definition) is 2. The second-order valence-electron chi connectivity index (χ2n) is 4.73. The monoisotopic (exact) mass is 289 g/mol. The highest BCUT2D eigenvalue weighted by molar-refractivity contribution is 5.79. The molecule has 0 heterocycles. The number of nitrogen functional groups attached to an aromatic ring is 1. The van der Waals surface area contributed by atoms with Crippen LogP contribution in [0.4, 0.5) is 18.9 Å². The van der Waals surface area contributed by atoms with Gasteiger partial charge in [0.05, 0.1) is 11.5 Å². The summed E-state index contributed by atoms with van der Waals surface area (Å²) in [5, 5.41) is 9.34. The van der Waals surface area contributed by atoms with Gasteiger partial charge in [-0.25, -0.2) is 0 Å². The van der Waals surface area contributed by atoms with Gasteiger partial charge in [-0.05, 0) is 29.7 Å². The highest BCUT2D eigenvalue weighted by Gasteiger charge is 2.34. The summed E-state index contributed by atoms with van der Waals surface area (Å²) in [4.78, 5) is 11.4. The van der Waals surface area contributed by atoms with Crippen LogP contribution < -0.4 is 5.73 Å². The largest absolute Gasteiger partial charge is 0.481 e. The van der Waals surface area contributed by atoms with Crippen molar-refractivity contribution >= 4 is 11.7 Å². The zero-order chi connectivity index (χ0) is 15.5. The molecule has 112 valence electrons. The molecule has 0 saturated heterocycles. The Balaban J connectivity index is 3.36. The first-order valence-corrected chi connectivity index (χ1v) is 6.41. The second kappa shape index (κ2) is 6.15. The number of carboxylic acid groups (broad SMARTS) is 1. The lowest BCUT2D eigenvalue weighted by Gasteiger charge is -2.24. The van der Waals surface area contributed by atoms with Crippen LogP contribution in [0, 0.1) is 5.92 Å². The van der Waals surface area contributed by atoms with Gasteiger partial charge in [-0.15, -0.1) is 0 Å². The second-order valence-corrected chi connectivity index (χ2v) is 4.73. The van der Waals surface area contributed by atoms with E-state index in [4.69, 9.17) is 5.73 Å². The highest BCUT2D eigenvalue weighted by atomic mass is 19.4. The Bertz CT molecular complexity index is 482. The van der Waals surface area contributed by atoms with Crippen molar-refractivity contribution in [3.63, 3.8) is 0 Å². The SMILES string of the molecule is CCC(CC)C(C(=O)O)c1cc(C(F)(F)F)ccc1N. The Labute approximate surface area is 115 Å². The van der Waals surface area contributed by atoms with Gasteiger partial charge >= 0.3 is 12.1 Å². The van der Waals surface area contributed by atoms with Crippen molar-refractivity contribution in [1.82, 2.24) is 0 Å². The number of rotatable bonds is 5. The smallest absolute Gasteiger partial charge is 0.416 e. The number of halogens is 3. The highest BCUT2D eigenvalue weighted by Crippen LogP contribution is 2.37. The molecule has 1 aromatic rings. The molecule has 0 aliphatic carbocycles. The molecule has 0 amide bonds. The van der Waals surface area contributed by atoms with Crippen molar-refractivity contribution in [2.45, 2.75) is 38.8 Å². The molecule has 3 N–H and O–H groups in total. The van der Waals surface area contributed by atoms with E-state index in [1.54, 1.807) is 0 Å². The van der Waals surface area contributed by atoms with Crippen LogP contribution in [0.15, 0.2) is 18.2 Å². The van der Waals surface area contributed by atoms with Crippen LogP contribution >= 0.6 is 0 Å². The summed E-state index contributed by atoms with van der Waals surface area (Å²) in [5.74, 6) is -2.42. The summed E-state index contributed by atoms with van der Waals surface area (Å²) < 4.78 is 38.2. The first-order valence-electron chi connectivity index (χ1n) is 6.41. The molecule has 0 spiro atoms. The molecule has 0 bridgehead atoms. The molecule has 3 nitrogen and oxygen atoms in total. The predicted molar refractivity (Wildman–Crippen MR) is 70.3 cm³/mol. The van der Waals surface area contributed by atoms with Gasteiger partial charge < -0.3 is 10.8 Å². The Hall–Kier alpha value is -1.72. The van der Waals surface area contributed by atoms with Gasteiger partial charge in [-0.1, -0.05) is 26.7 Å². The summed E-state index contributed by atoms with van der Waals surface area (Å²) in [7, 11) is 0. The number of benzene rings is 1. The van der Waals surface area contributed by atoms with E-state index in [1.807, 2.05) is 13.8 Å². The van der Waals surface area contributed by atoms with Crippen LogP contribution in [0.5, 0.6) is 0 Å². The molecular weight excluding hydrogens is 271 g/mol. The van der Waals surface area contributed by atoms with Crippen molar-refractivity contribution in [2.75, 3.05) is 5.73 Å². The van der Waals surface area contributed by atoms with E-state index in [2.05, 4.69) is 0 Å². The number of nitrogens with two attached hydrogens (primary N) is 1. The molecule has 1 rings (SSSR count). The van der Waals surface area contributed by atoms with Crippen molar-refractivity contribution in [3.8, 4) is 0 Å². The lowest BCUT2D eigenvalue weighted by molar-refractivity contribution is -0.141. The summed E-state index contributed by atoms with van der Waals surface area (Å²) in [6, 6.07) is 2.84. The fraction of sp³-hybridized carbons (Fsp3) is 0.500. The van der Waals surface area contributed by atoms with Crippen LogP contribution in [0.3, 0.4) is 0 Å². The fourth-order valence-electron chi connectivity index (χ4n) is 2.37. The molecule has 0 aliphatic rings. The molecule has 0 fully saturated rings. The average molecular weight is 289 g/mol. The molecular formula is C14H18F3NO2. The Morgan fingerprint density at radius 2 is 1.85 bits per heavy atom. The van der Waals surface area contributed by atoms with Gasteiger partial charge in [0, 0.05) is 5.69 Å². The molecule has 0 aliphatic heterocycles. The quantitative estimate of drug-likeness (QED) is 0.808. The van der Waals surface area contributed by atoms with Gasteiger partial charge in [0.2, 0.25) is 0 Å². The summed E-state index contributed by atoms with van der Waals surface area (Å²) in [6.07, 6.45) is -3.40. The molecule has 1 aromatic carbocycles. The van der Waals surface area contributed by atoms with Crippen LogP contribution in [-0.2, 0) is 11.0 Å². The van der Waals surface area contributed by atoms with Gasteiger partial charge in [-0.3, -0.25) is 4.79 Å². The number of carboxylic acids is 1. The third-order valence-corrected chi connectivity index (χ3v) is 3.54. The fourth-order valence-corrected chi connectivity index (χ4v) is 2.37. The summed E-state index contributed by atoms with van der Waals surface area (Å²) >= 11 is 0. The molecule has 0 aromatic heterocycles. The van der Waals surface area contributed by atoms with Crippen molar-refractivity contribution in [1.29, 1.82) is 0 Å². The minimum Gasteiger partial charge on any atom is -0.481 e. The third kappa shape index (κ3) is 3.43. The van der Waals surface area contributed by atoms with Gasteiger partial charge in [0.1, 0.15) is 0 Å². The average Bonchev–Trinajstić information content (AvgIpc) is 2.35. The standard InChI is InChI=1S/C14H18F3NO2/c1-3-8(4-2)12(13(19)20)10-7-9(14(15,16)17)5-6-11(10)18/h5-8,12H,3-4,18H2,1-2H3,(H,19,20). The van der Waals surface area contributed by atoms with E-state index in [1.165, 1.54) is 0 Å². The maximum absolute atomic E-state index is 12.7. The maximum Gasteiger partial charge on any atom is 0.416 e. The van der Waals surface area contributed by atoms with E-state index in [-0.39, 0.29) is 17.2 Å². The van der Waals surface area contributed by atoms with Gasteiger partial charge in [0.15, 0.2) is 0 Å². The lowest BCUT2D eigenvalue weighted by atomic mass is 9.81. The van der Waals surface area contributed by atoms with E-state index < -0.39 is 23.6 Å². The number of hydrogen-bond donors (Lipinski definition) is 2. The van der Waals surface area contributed by atoms with Crippen LogP contribution in [-0.4, -0.2) is 11.1 Å². The Morgan fingerprint density at radius 3 is 2.25 bits per heavy atom. The Kier molecular flexibility index (Phi) is 5.03. The number of aliphatic carboxylic acids is 1. The molecule has 1 atom stereocenters. The van der Waals surface area contributed by atoms with Gasteiger partial charge in [0.25, 0.3) is 0 Å². The minimum atomic E-state index is -4.51. The van der Waals surface area contributed by atoms with Crippen LogP contribution in [0.2, 0.25) is 0 Å². The summed E-state index contributed by atoms with van der Waals surface area (Å²) in [5.41, 5.74) is 4.94. The number of alkyl halides is 3. The first kappa shape index (κ1) is 16.3. The minimum absolute atomic E-state index is 0.0426. The lowest BCUT2D eigenvalue weighted by Crippen LogP contribution is -2.22. The van der Waals surface area contributed by atoms with Crippen molar-refractivity contribution in [3.05, 3.63) is 29.3 Å². The van der Waals surface area contributed by atoms with E-state index in [0.717, 1.165) is 18.2 Å². The van der Waals surface area contributed by atoms with Crippen molar-refractivity contribution in [2.24, 2.45) is 5.92 Å². The van der Waals surface area contributed by atoms with E-state index in [9.17, 15) is 23.1 Å². The number of anilines is 1. The van der Waals surface area contributed by atoms with Crippen LogP contribution in [0.25, 0.3) is 0 Å². The van der Waals surface area contributed by atoms with Crippen molar-refractivity contribution < 1.29 is 23.1 Å². The first-order chi connectivity index (χ1) is 9.22. The predicted octanol–water partition coefficient (Wildman–Crippen LogP) is 3.89. The zero-order valence-electron chi connectivity index (χ0n) is 11.4. The topological polar surface area (TPSA) is 63.3 Å².